The van der Waals surface area contributed by atoms with Crippen molar-refractivity contribution in [2.45, 2.75) is 39.8 Å². The van der Waals surface area contributed by atoms with Crippen LogP contribution in [0, 0.1) is 13.8 Å². The van der Waals surface area contributed by atoms with Gasteiger partial charge in [0.2, 0.25) is 0 Å². The number of aryl methyl sites for hydroxylation is 2. The van der Waals surface area contributed by atoms with Crippen molar-refractivity contribution < 1.29 is 0 Å². The molecule has 0 saturated carbocycles. The van der Waals surface area contributed by atoms with E-state index >= 15 is 0 Å². The lowest BCUT2D eigenvalue weighted by Crippen LogP contribution is -2.20. The van der Waals surface area contributed by atoms with Gasteiger partial charge in [-0.2, -0.15) is 0 Å². The smallest absolute Gasteiger partial charge is 0.146 e. The van der Waals surface area contributed by atoms with E-state index in [2.05, 4.69) is 30.3 Å². The molecule has 28 heavy (non-hydrogen) atoms. The van der Waals surface area contributed by atoms with E-state index in [1.807, 2.05) is 28.8 Å². The van der Waals surface area contributed by atoms with Crippen LogP contribution < -0.4 is 5.32 Å². The number of fused-ring (bicyclic) bond motifs is 2. The molecule has 1 fully saturated rings. The topological polar surface area (TPSA) is 58.4 Å². The molecule has 0 bridgehead atoms. The standard InChI is InChI=1S/C21H24N6S/c1-14-15(2)28-21-19(14)20(24-17(25-21)13-26-8-5-6-9-26)22-11-16-12-27-10-4-3-7-18(27)23-16/h3-4,7,10,12H,5-6,8-9,11,13H2,1-2H3,(H,22,24,25). The van der Waals surface area contributed by atoms with Crippen molar-refractivity contribution in [1.82, 2.24) is 24.3 Å². The molecule has 0 spiro atoms. The number of likely N-dealkylation sites (tertiary alicyclic amines) is 1. The van der Waals surface area contributed by atoms with Gasteiger partial charge in [0.15, 0.2) is 0 Å². The van der Waals surface area contributed by atoms with Crippen molar-refractivity contribution in [3.05, 3.63) is 52.6 Å². The molecule has 1 aliphatic heterocycles. The molecular formula is C21H24N6S. The van der Waals surface area contributed by atoms with Crippen molar-refractivity contribution in [2.24, 2.45) is 0 Å². The number of thiophene rings is 1. The quantitative estimate of drug-likeness (QED) is 0.553. The van der Waals surface area contributed by atoms with E-state index in [0.717, 1.165) is 52.8 Å². The first-order valence-corrected chi connectivity index (χ1v) is 10.6. The summed E-state index contributed by atoms with van der Waals surface area (Å²) in [7, 11) is 0. The second kappa shape index (κ2) is 7.14. The molecule has 0 amide bonds. The summed E-state index contributed by atoms with van der Waals surface area (Å²) >= 11 is 1.76. The van der Waals surface area contributed by atoms with Gasteiger partial charge >= 0.3 is 0 Å². The summed E-state index contributed by atoms with van der Waals surface area (Å²) in [6, 6.07) is 6.05. The number of imidazole rings is 1. The van der Waals surface area contributed by atoms with E-state index in [9.17, 15) is 0 Å². The van der Waals surface area contributed by atoms with E-state index < -0.39 is 0 Å². The zero-order valence-electron chi connectivity index (χ0n) is 16.3. The van der Waals surface area contributed by atoms with Gasteiger partial charge in [0.1, 0.15) is 22.1 Å². The Morgan fingerprint density at radius 1 is 1.11 bits per heavy atom. The third kappa shape index (κ3) is 3.25. The third-order valence-corrected chi connectivity index (χ3v) is 6.59. The van der Waals surface area contributed by atoms with Gasteiger partial charge in [-0.05, 0) is 57.5 Å². The largest absolute Gasteiger partial charge is 0.364 e. The third-order valence-electron chi connectivity index (χ3n) is 5.49. The maximum atomic E-state index is 4.92. The molecule has 0 radical (unpaired) electrons. The number of hydrogen-bond donors (Lipinski definition) is 1. The molecule has 4 aromatic rings. The predicted octanol–water partition coefficient (Wildman–Crippen LogP) is 4.16. The molecule has 0 aromatic carbocycles. The van der Waals surface area contributed by atoms with Gasteiger partial charge in [0.05, 0.1) is 24.2 Å². The Morgan fingerprint density at radius 2 is 1.96 bits per heavy atom. The van der Waals surface area contributed by atoms with Crippen molar-refractivity contribution in [1.29, 1.82) is 0 Å². The first kappa shape index (κ1) is 17.6. The van der Waals surface area contributed by atoms with E-state index in [1.54, 1.807) is 11.3 Å². The first-order valence-electron chi connectivity index (χ1n) is 9.83. The number of anilines is 1. The number of aromatic nitrogens is 4. The Bertz CT molecular complexity index is 1110. The highest BCUT2D eigenvalue weighted by molar-refractivity contribution is 7.18. The van der Waals surface area contributed by atoms with Gasteiger partial charge < -0.3 is 9.72 Å². The highest BCUT2D eigenvalue weighted by atomic mass is 32.1. The van der Waals surface area contributed by atoms with Crippen LogP contribution in [0.3, 0.4) is 0 Å². The Morgan fingerprint density at radius 3 is 2.79 bits per heavy atom. The van der Waals surface area contributed by atoms with Crippen molar-refractivity contribution >= 4 is 33.0 Å². The number of nitrogens with zero attached hydrogens (tertiary/aromatic N) is 5. The minimum Gasteiger partial charge on any atom is -0.364 e. The van der Waals surface area contributed by atoms with Gasteiger partial charge in [0, 0.05) is 17.3 Å². The average molecular weight is 393 g/mol. The zero-order valence-corrected chi connectivity index (χ0v) is 17.1. The maximum absolute atomic E-state index is 4.92. The fraction of sp³-hybridized carbons (Fsp3) is 0.381. The Labute approximate surface area is 168 Å². The lowest BCUT2D eigenvalue weighted by atomic mass is 10.2. The molecule has 0 unspecified atom stereocenters. The monoisotopic (exact) mass is 392 g/mol. The Balaban J connectivity index is 1.46. The molecule has 5 heterocycles. The van der Waals surface area contributed by atoms with Crippen LogP contribution in [0.15, 0.2) is 30.6 Å². The maximum Gasteiger partial charge on any atom is 0.146 e. The minimum atomic E-state index is 0.644. The summed E-state index contributed by atoms with van der Waals surface area (Å²) in [4.78, 5) is 19.3. The van der Waals surface area contributed by atoms with Crippen LogP contribution in [-0.2, 0) is 13.1 Å². The first-order chi connectivity index (χ1) is 13.7. The van der Waals surface area contributed by atoms with E-state index in [-0.39, 0.29) is 0 Å². The van der Waals surface area contributed by atoms with E-state index in [1.165, 1.54) is 23.3 Å². The number of rotatable bonds is 5. The highest BCUT2D eigenvalue weighted by Gasteiger charge is 2.18. The second-order valence-electron chi connectivity index (χ2n) is 7.49. The van der Waals surface area contributed by atoms with Gasteiger partial charge in [-0.1, -0.05) is 6.07 Å². The summed E-state index contributed by atoms with van der Waals surface area (Å²) < 4.78 is 2.05. The van der Waals surface area contributed by atoms with Crippen LogP contribution in [0.4, 0.5) is 5.82 Å². The van der Waals surface area contributed by atoms with Crippen molar-refractivity contribution in [3.8, 4) is 0 Å². The molecule has 144 valence electrons. The summed E-state index contributed by atoms with van der Waals surface area (Å²) in [6.45, 7) is 8.09. The van der Waals surface area contributed by atoms with Crippen LogP contribution >= 0.6 is 11.3 Å². The number of hydrogen-bond acceptors (Lipinski definition) is 6. The predicted molar refractivity (Wildman–Crippen MR) is 114 cm³/mol. The van der Waals surface area contributed by atoms with Gasteiger partial charge in [-0.25, -0.2) is 15.0 Å². The molecule has 6 nitrogen and oxygen atoms in total. The zero-order chi connectivity index (χ0) is 19.1. The van der Waals surface area contributed by atoms with E-state index in [0.29, 0.717) is 6.54 Å². The molecule has 0 aliphatic carbocycles. The molecule has 1 aliphatic rings. The number of pyridine rings is 1. The van der Waals surface area contributed by atoms with Crippen LogP contribution in [0.2, 0.25) is 0 Å². The van der Waals surface area contributed by atoms with Crippen molar-refractivity contribution in [2.75, 3.05) is 18.4 Å². The van der Waals surface area contributed by atoms with Crippen LogP contribution in [-0.4, -0.2) is 37.3 Å². The lowest BCUT2D eigenvalue weighted by molar-refractivity contribution is 0.323. The summed E-state index contributed by atoms with van der Waals surface area (Å²) in [5, 5.41) is 4.70. The summed E-state index contributed by atoms with van der Waals surface area (Å²) in [5.41, 5.74) is 3.23. The van der Waals surface area contributed by atoms with Crippen LogP contribution in [0.1, 0.15) is 34.8 Å². The average Bonchev–Trinajstić information content (AvgIpc) is 3.40. The fourth-order valence-electron chi connectivity index (χ4n) is 3.88. The van der Waals surface area contributed by atoms with Gasteiger partial charge in [-0.3, -0.25) is 4.90 Å². The van der Waals surface area contributed by atoms with Gasteiger partial charge in [0.25, 0.3) is 0 Å². The molecular weight excluding hydrogens is 368 g/mol. The van der Waals surface area contributed by atoms with Crippen LogP contribution in [0.5, 0.6) is 0 Å². The Hall–Kier alpha value is -2.51. The highest BCUT2D eigenvalue weighted by Crippen LogP contribution is 2.33. The molecule has 0 atom stereocenters. The van der Waals surface area contributed by atoms with E-state index in [4.69, 9.17) is 15.0 Å². The van der Waals surface area contributed by atoms with Crippen molar-refractivity contribution in [3.63, 3.8) is 0 Å². The molecule has 1 saturated heterocycles. The van der Waals surface area contributed by atoms with Crippen LogP contribution in [0.25, 0.3) is 15.9 Å². The normalized spacial score (nSPS) is 15.1. The molecule has 7 heteroatoms. The SMILES string of the molecule is Cc1sc2nc(CN3CCCC3)nc(NCc3cn4ccccc4n3)c2c1C. The lowest BCUT2D eigenvalue weighted by Gasteiger charge is -2.14. The fourth-order valence-corrected chi connectivity index (χ4v) is 4.93. The number of nitrogens with one attached hydrogen (secondary N) is 1. The Kier molecular flexibility index (Phi) is 4.49. The molecule has 4 aromatic heterocycles. The molecule has 5 rings (SSSR count). The van der Waals surface area contributed by atoms with Gasteiger partial charge in [-0.15, -0.1) is 11.3 Å². The summed E-state index contributed by atoms with van der Waals surface area (Å²) in [5.74, 6) is 1.84. The minimum absolute atomic E-state index is 0.644. The molecule has 1 N–H and O–H groups in total. The second-order valence-corrected chi connectivity index (χ2v) is 8.69. The summed E-state index contributed by atoms with van der Waals surface area (Å²) in [6.07, 6.45) is 6.64.